The van der Waals surface area contributed by atoms with Gasteiger partial charge in [0.25, 0.3) is 0 Å². The van der Waals surface area contributed by atoms with Crippen molar-refractivity contribution in [2.24, 2.45) is 0 Å². The van der Waals surface area contributed by atoms with E-state index in [1.54, 1.807) is 0 Å². The van der Waals surface area contributed by atoms with Crippen LogP contribution in [0.1, 0.15) is 35.1 Å². The van der Waals surface area contributed by atoms with Gasteiger partial charge in [-0.3, -0.25) is 4.79 Å². The highest BCUT2D eigenvalue weighted by molar-refractivity contribution is 5.81. The van der Waals surface area contributed by atoms with Crippen molar-refractivity contribution in [1.29, 1.82) is 0 Å². The number of hydrogen-bond acceptors (Lipinski definition) is 2. The molecule has 144 valence electrons. The molecule has 0 radical (unpaired) electrons. The van der Waals surface area contributed by atoms with E-state index in [0.717, 1.165) is 54.6 Å². The molecule has 6 heteroatoms. The molecule has 0 bridgehead atoms. The number of rotatable bonds is 6. The minimum absolute atomic E-state index is 0.0302. The zero-order valence-corrected chi connectivity index (χ0v) is 15.0. The first-order valence-corrected chi connectivity index (χ1v) is 9.17. The Morgan fingerprint density at radius 1 is 1.04 bits per heavy atom. The molecule has 0 aliphatic carbocycles. The van der Waals surface area contributed by atoms with E-state index in [1.165, 1.54) is 12.1 Å². The maximum atomic E-state index is 12.6. The average Bonchev–Trinajstić information content (AvgIpc) is 3.19. The lowest BCUT2D eigenvalue weighted by Crippen LogP contribution is -2.40. The maximum absolute atomic E-state index is 12.6. The van der Waals surface area contributed by atoms with Gasteiger partial charge in [0.1, 0.15) is 0 Å². The average molecular weight is 376 g/mol. The Bertz CT molecular complexity index is 766. The molecule has 3 nitrogen and oxygen atoms in total. The molecule has 1 aliphatic rings. The summed E-state index contributed by atoms with van der Waals surface area (Å²) in [5.41, 5.74) is 2.36. The lowest BCUT2D eigenvalue weighted by atomic mass is 10.0. The summed E-state index contributed by atoms with van der Waals surface area (Å²) in [4.78, 5) is 12.1. The van der Waals surface area contributed by atoms with Crippen LogP contribution < -0.4 is 10.6 Å². The molecule has 1 unspecified atom stereocenters. The lowest BCUT2D eigenvalue weighted by molar-refractivity contribution is -0.137. The van der Waals surface area contributed by atoms with Crippen molar-refractivity contribution in [3.8, 4) is 0 Å². The summed E-state index contributed by atoms with van der Waals surface area (Å²) in [6.45, 7) is 1.36. The minimum atomic E-state index is -4.30. The van der Waals surface area contributed by atoms with Gasteiger partial charge >= 0.3 is 6.18 Å². The standard InChI is InChI=1S/C21H23F3N2O/c22-21(23,24)18-10-8-15(9-11-18)6-7-16-3-1-4-17(13-16)14-26-20(27)19-5-2-12-25-19/h1,3-4,8-11,13,19,25H,2,5-7,12,14H2,(H,26,27). The maximum Gasteiger partial charge on any atom is 0.416 e. The first-order chi connectivity index (χ1) is 12.9. The molecular weight excluding hydrogens is 353 g/mol. The lowest BCUT2D eigenvalue weighted by Gasteiger charge is -2.12. The highest BCUT2D eigenvalue weighted by Crippen LogP contribution is 2.29. The van der Waals surface area contributed by atoms with Gasteiger partial charge in [-0.2, -0.15) is 13.2 Å². The van der Waals surface area contributed by atoms with Crippen LogP contribution in [0.5, 0.6) is 0 Å². The van der Waals surface area contributed by atoms with E-state index in [2.05, 4.69) is 10.6 Å². The molecule has 2 N–H and O–H groups in total. The van der Waals surface area contributed by atoms with Crippen LogP contribution in [0.4, 0.5) is 13.2 Å². The molecule has 3 rings (SSSR count). The highest BCUT2D eigenvalue weighted by Gasteiger charge is 2.29. The summed E-state index contributed by atoms with van der Waals surface area (Å²) < 4.78 is 37.8. The molecule has 1 saturated heterocycles. The topological polar surface area (TPSA) is 41.1 Å². The number of carbonyl (C=O) groups is 1. The summed E-state index contributed by atoms with van der Waals surface area (Å²) in [7, 11) is 0. The van der Waals surface area contributed by atoms with Gasteiger partial charge in [-0.15, -0.1) is 0 Å². The predicted octanol–water partition coefficient (Wildman–Crippen LogP) is 3.86. The van der Waals surface area contributed by atoms with Crippen molar-refractivity contribution >= 4 is 5.91 Å². The number of amides is 1. The zero-order chi connectivity index (χ0) is 19.3. The highest BCUT2D eigenvalue weighted by atomic mass is 19.4. The number of nitrogens with one attached hydrogen (secondary N) is 2. The Labute approximate surface area is 157 Å². The van der Waals surface area contributed by atoms with Crippen molar-refractivity contribution in [3.63, 3.8) is 0 Å². The molecule has 1 fully saturated rings. The molecule has 0 saturated carbocycles. The van der Waals surface area contributed by atoms with Crippen molar-refractivity contribution in [2.45, 2.75) is 44.4 Å². The Balaban J connectivity index is 1.52. The number of benzene rings is 2. The quantitative estimate of drug-likeness (QED) is 0.804. The number of aryl methyl sites for hydroxylation is 2. The van der Waals surface area contributed by atoms with E-state index in [4.69, 9.17) is 0 Å². The van der Waals surface area contributed by atoms with Crippen LogP contribution in [-0.2, 0) is 30.4 Å². The van der Waals surface area contributed by atoms with E-state index in [0.29, 0.717) is 13.0 Å². The number of hydrogen-bond donors (Lipinski definition) is 2. The molecular formula is C21H23F3N2O. The Hall–Kier alpha value is -2.34. The fourth-order valence-corrected chi connectivity index (χ4v) is 3.26. The first kappa shape index (κ1) is 19.4. The van der Waals surface area contributed by atoms with Crippen LogP contribution >= 0.6 is 0 Å². The van der Waals surface area contributed by atoms with Crippen LogP contribution in [0.3, 0.4) is 0 Å². The van der Waals surface area contributed by atoms with Gasteiger partial charge < -0.3 is 10.6 Å². The van der Waals surface area contributed by atoms with Crippen molar-refractivity contribution < 1.29 is 18.0 Å². The Morgan fingerprint density at radius 2 is 1.74 bits per heavy atom. The summed E-state index contributed by atoms with van der Waals surface area (Å²) in [6, 6.07) is 13.1. The number of alkyl halides is 3. The van der Waals surface area contributed by atoms with Gasteiger partial charge in [-0.1, -0.05) is 36.4 Å². The molecule has 1 amide bonds. The summed E-state index contributed by atoms with van der Waals surface area (Å²) in [5, 5.41) is 6.13. The van der Waals surface area contributed by atoms with Gasteiger partial charge in [-0.05, 0) is 61.1 Å². The third kappa shape index (κ3) is 5.57. The third-order valence-corrected chi connectivity index (χ3v) is 4.82. The van der Waals surface area contributed by atoms with E-state index in [-0.39, 0.29) is 11.9 Å². The van der Waals surface area contributed by atoms with Crippen LogP contribution in [0.2, 0.25) is 0 Å². The van der Waals surface area contributed by atoms with Crippen LogP contribution in [0.15, 0.2) is 48.5 Å². The van der Waals surface area contributed by atoms with Crippen molar-refractivity contribution in [2.75, 3.05) is 6.54 Å². The molecule has 0 aromatic heterocycles. The third-order valence-electron chi connectivity index (χ3n) is 4.82. The second kappa shape index (κ2) is 8.57. The summed E-state index contributed by atoms with van der Waals surface area (Å²) >= 11 is 0. The summed E-state index contributed by atoms with van der Waals surface area (Å²) in [6.07, 6.45) is -1.00. The van der Waals surface area contributed by atoms with Crippen molar-refractivity contribution in [3.05, 3.63) is 70.8 Å². The molecule has 27 heavy (non-hydrogen) atoms. The van der Waals surface area contributed by atoms with Crippen LogP contribution in [0.25, 0.3) is 0 Å². The van der Waals surface area contributed by atoms with E-state index < -0.39 is 11.7 Å². The number of carbonyl (C=O) groups excluding carboxylic acids is 1. The normalized spacial score (nSPS) is 17.1. The fourth-order valence-electron chi connectivity index (χ4n) is 3.26. The van der Waals surface area contributed by atoms with E-state index >= 15 is 0 Å². The number of halogens is 3. The van der Waals surface area contributed by atoms with Crippen molar-refractivity contribution in [1.82, 2.24) is 10.6 Å². The van der Waals surface area contributed by atoms with Crippen LogP contribution in [-0.4, -0.2) is 18.5 Å². The predicted molar refractivity (Wildman–Crippen MR) is 98.2 cm³/mol. The Kier molecular flexibility index (Phi) is 6.16. The SMILES string of the molecule is O=C(NCc1cccc(CCc2ccc(C(F)(F)F)cc2)c1)C1CCCN1. The zero-order valence-electron chi connectivity index (χ0n) is 15.0. The second-order valence-corrected chi connectivity index (χ2v) is 6.88. The minimum Gasteiger partial charge on any atom is -0.351 e. The smallest absolute Gasteiger partial charge is 0.351 e. The van der Waals surface area contributed by atoms with Gasteiger partial charge in [0.15, 0.2) is 0 Å². The van der Waals surface area contributed by atoms with Crippen LogP contribution in [0, 0.1) is 0 Å². The second-order valence-electron chi connectivity index (χ2n) is 6.88. The summed E-state index contributed by atoms with van der Waals surface area (Å²) in [5.74, 6) is 0.0302. The van der Waals surface area contributed by atoms with Gasteiger partial charge in [0.05, 0.1) is 11.6 Å². The van der Waals surface area contributed by atoms with E-state index in [1.807, 2.05) is 24.3 Å². The van der Waals surface area contributed by atoms with Gasteiger partial charge in [-0.25, -0.2) is 0 Å². The first-order valence-electron chi connectivity index (χ1n) is 9.17. The molecule has 1 heterocycles. The molecule has 1 aliphatic heterocycles. The fraction of sp³-hybridized carbons (Fsp3) is 0.381. The van der Waals surface area contributed by atoms with E-state index in [9.17, 15) is 18.0 Å². The Morgan fingerprint density at radius 3 is 2.41 bits per heavy atom. The monoisotopic (exact) mass is 376 g/mol. The molecule has 2 aromatic carbocycles. The largest absolute Gasteiger partial charge is 0.416 e. The molecule has 0 spiro atoms. The van der Waals surface area contributed by atoms with Gasteiger partial charge in [0.2, 0.25) is 5.91 Å². The molecule has 2 aromatic rings. The van der Waals surface area contributed by atoms with Gasteiger partial charge in [0, 0.05) is 6.54 Å². The molecule has 1 atom stereocenters.